The predicted molar refractivity (Wildman–Crippen MR) is 94.4 cm³/mol. The van der Waals surface area contributed by atoms with Gasteiger partial charge in [0.15, 0.2) is 11.5 Å². The SMILES string of the molecule is COc1ccc(CN2CCCCCC2c2ccn(C)n2)cc1OC. The Labute approximate surface area is 144 Å². The Morgan fingerprint density at radius 2 is 1.92 bits per heavy atom. The maximum atomic E-state index is 5.45. The molecule has 1 aromatic carbocycles. The lowest BCUT2D eigenvalue weighted by Crippen LogP contribution is -2.28. The van der Waals surface area contributed by atoms with Crippen LogP contribution in [0.5, 0.6) is 11.5 Å². The fourth-order valence-electron chi connectivity index (χ4n) is 3.52. The quantitative estimate of drug-likeness (QED) is 0.841. The summed E-state index contributed by atoms with van der Waals surface area (Å²) in [5.41, 5.74) is 2.43. The molecule has 130 valence electrons. The van der Waals surface area contributed by atoms with Gasteiger partial charge in [-0.1, -0.05) is 18.9 Å². The van der Waals surface area contributed by atoms with E-state index in [2.05, 4.69) is 28.2 Å². The van der Waals surface area contributed by atoms with E-state index in [1.165, 1.54) is 36.9 Å². The first-order chi connectivity index (χ1) is 11.7. The van der Waals surface area contributed by atoms with Crippen LogP contribution < -0.4 is 9.47 Å². The Balaban J connectivity index is 1.82. The highest BCUT2D eigenvalue weighted by molar-refractivity contribution is 5.42. The molecule has 1 fully saturated rings. The fraction of sp³-hybridized carbons (Fsp3) is 0.526. The van der Waals surface area contributed by atoms with Gasteiger partial charge in [0.25, 0.3) is 0 Å². The molecule has 1 unspecified atom stereocenters. The maximum absolute atomic E-state index is 5.45. The number of methoxy groups -OCH3 is 2. The van der Waals surface area contributed by atoms with Gasteiger partial charge in [-0.25, -0.2) is 0 Å². The number of benzene rings is 1. The molecule has 0 aliphatic carbocycles. The number of aryl methyl sites for hydroxylation is 1. The number of ether oxygens (including phenoxy) is 2. The average molecular weight is 329 g/mol. The van der Waals surface area contributed by atoms with Gasteiger partial charge < -0.3 is 9.47 Å². The number of rotatable bonds is 5. The molecule has 2 aromatic rings. The van der Waals surface area contributed by atoms with Crippen molar-refractivity contribution in [1.29, 1.82) is 0 Å². The van der Waals surface area contributed by atoms with E-state index in [1.807, 2.05) is 24.0 Å². The molecule has 1 aromatic heterocycles. The van der Waals surface area contributed by atoms with Crippen LogP contribution in [0, 0.1) is 0 Å². The van der Waals surface area contributed by atoms with Crippen molar-refractivity contribution in [2.75, 3.05) is 20.8 Å². The Kier molecular flexibility index (Phi) is 5.41. The van der Waals surface area contributed by atoms with Crippen molar-refractivity contribution in [2.24, 2.45) is 7.05 Å². The molecule has 1 saturated heterocycles. The Morgan fingerprint density at radius 3 is 2.62 bits per heavy atom. The molecule has 5 nitrogen and oxygen atoms in total. The van der Waals surface area contributed by atoms with Gasteiger partial charge in [0, 0.05) is 19.8 Å². The van der Waals surface area contributed by atoms with E-state index in [0.29, 0.717) is 6.04 Å². The summed E-state index contributed by atoms with van der Waals surface area (Å²) in [7, 11) is 5.34. The van der Waals surface area contributed by atoms with Crippen molar-refractivity contribution in [2.45, 2.75) is 38.3 Å². The number of hydrogen-bond acceptors (Lipinski definition) is 4. The molecule has 0 radical (unpaired) electrons. The number of hydrogen-bond donors (Lipinski definition) is 0. The maximum Gasteiger partial charge on any atom is 0.161 e. The molecular weight excluding hydrogens is 302 g/mol. The molecule has 2 heterocycles. The van der Waals surface area contributed by atoms with Crippen molar-refractivity contribution >= 4 is 0 Å². The van der Waals surface area contributed by atoms with Crippen LogP contribution in [0.3, 0.4) is 0 Å². The molecular formula is C19H27N3O2. The largest absolute Gasteiger partial charge is 0.493 e. The third-order valence-electron chi connectivity index (χ3n) is 4.77. The minimum Gasteiger partial charge on any atom is -0.493 e. The van der Waals surface area contributed by atoms with E-state index in [9.17, 15) is 0 Å². The lowest BCUT2D eigenvalue weighted by Gasteiger charge is -2.29. The summed E-state index contributed by atoms with van der Waals surface area (Å²) >= 11 is 0. The van der Waals surface area contributed by atoms with E-state index in [4.69, 9.17) is 9.47 Å². The van der Waals surface area contributed by atoms with Gasteiger partial charge in [-0.2, -0.15) is 5.10 Å². The van der Waals surface area contributed by atoms with Crippen LogP contribution in [0.15, 0.2) is 30.5 Å². The zero-order valence-corrected chi connectivity index (χ0v) is 14.9. The Hall–Kier alpha value is -2.01. The number of likely N-dealkylation sites (tertiary alicyclic amines) is 1. The van der Waals surface area contributed by atoms with Gasteiger partial charge in [0.1, 0.15) is 0 Å². The average Bonchev–Trinajstić information content (AvgIpc) is 2.89. The van der Waals surface area contributed by atoms with E-state index < -0.39 is 0 Å². The predicted octanol–water partition coefficient (Wildman–Crippen LogP) is 3.55. The molecule has 0 bridgehead atoms. The monoisotopic (exact) mass is 329 g/mol. The molecule has 3 rings (SSSR count). The van der Waals surface area contributed by atoms with Crippen LogP contribution in [0.2, 0.25) is 0 Å². The summed E-state index contributed by atoms with van der Waals surface area (Å²) in [6.45, 7) is 2.01. The lowest BCUT2D eigenvalue weighted by atomic mass is 10.1. The van der Waals surface area contributed by atoms with Crippen LogP contribution in [0.25, 0.3) is 0 Å². The third-order valence-corrected chi connectivity index (χ3v) is 4.77. The number of aromatic nitrogens is 2. The summed E-state index contributed by atoms with van der Waals surface area (Å²) in [4.78, 5) is 2.55. The highest BCUT2D eigenvalue weighted by Crippen LogP contribution is 2.32. The lowest BCUT2D eigenvalue weighted by molar-refractivity contribution is 0.188. The minimum absolute atomic E-state index is 0.391. The molecule has 0 N–H and O–H groups in total. The Bertz CT molecular complexity index is 668. The van der Waals surface area contributed by atoms with E-state index >= 15 is 0 Å². The molecule has 0 spiro atoms. The van der Waals surface area contributed by atoms with Gasteiger partial charge in [0.2, 0.25) is 0 Å². The van der Waals surface area contributed by atoms with Crippen molar-refractivity contribution in [1.82, 2.24) is 14.7 Å². The van der Waals surface area contributed by atoms with E-state index in [0.717, 1.165) is 24.6 Å². The second-order valence-corrected chi connectivity index (χ2v) is 6.44. The molecule has 24 heavy (non-hydrogen) atoms. The topological polar surface area (TPSA) is 39.5 Å². The summed E-state index contributed by atoms with van der Waals surface area (Å²) in [6.07, 6.45) is 7.02. The van der Waals surface area contributed by atoms with Gasteiger partial charge in [-0.3, -0.25) is 9.58 Å². The van der Waals surface area contributed by atoms with Crippen molar-refractivity contribution in [3.63, 3.8) is 0 Å². The molecule has 1 aliphatic rings. The fourth-order valence-corrected chi connectivity index (χ4v) is 3.52. The van der Waals surface area contributed by atoms with Crippen LogP contribution in [0.4, 0.5) is 0 Å². The second kappa shape index (κ2) is 7.71. The second-order valence-electron chi connectivity index (χ2n) is 6.44. The van der Waals surface area contributed by atoms with Gasteiger partial charge in [0.05, 0.1) is 26.0 Å². The first-order valence-corrected chi connectivity index (χ1v) is 8.65. The highest BCUT2D eigenvalue weighted by Gasteiger charge is 2.24. The molecule has 0 saturated carbocycles. The van der Waals surface area contributed by atoms with Crippen LogP contribution in [-0.4, -0.2) is 35.4 Å². The van der Waals surface area contributed by atoms with Crippen molar-refractivity contribution < 1.29 is 9.47 Å². The first-order valence-electron chi connectivity index (χ1n) is 8.65. The number of nitrogens with zero attached hydrogens (tertiary/aromatic N) is 3. The Morgan fingerprint density at radius 1 is 1.08 bits per heavy atom. The van der Waals surface area contributed by atoms with Gasteiger partial charge in [-0.05, 0) is 43.1 Å². The van der Waals surface area contributed by atoms with Gasteiger partial charge in [-0.15, -0.1) is 0 Å². The van der Waals surface area contributed by atoms with E-state index in [1.54, 1.807) is 14.2 Å². The van der Waals surface area contributed by atoms with E-state index in [-0.39, 0.29) is 0 Å². The zero-order chi connectivity index (χ0) is 16.9. The summed E-state index contributed by atoms with van der Waals surface area (Å²) in [6, 6.07) is 8.74. The summed E-state index contributed by atoms with van der Waals surface area (Å²) in [5, 5.41) is 4.66. The third kappa shape index (κ3) is 3.73. The normalized spacial score (nSPS) is 19.0. The van der Waals surface area contributed by atoms with Crippen molar-refractivity contribution in [3.8, 4) is 11.5 Å². The smallest absolute Gasteiger partial charge is 0.161 e. The molecule has 1 atom stereocenters. The van der Waals surface area contributed by atoms with Crippen LogP contribution >= 0.6 is 0 Å². The highest BCUT2D eigenvalue weighted by atomic mass is 16.5. The zero-order valence-electron chi connectivity index (χ0n) is 14.9. The van der Waals surface area contributed by atoms with Crippen molar-refractivity contribution in [3.05, 3.63) is 41.7 Å². The summed E-state index contributed by atoms with van der Waals surface area (Å²) in [5.74, 6) is 1.57. The minimum atomic E-state index is 0.391. The van der Waals surface area contributed by atoms with Gasteiger partial charge >= 0.3 is 0 Å². The standard InChI is InChI=1S/C19H27N3O2/c1-21-12-10-16(20-21)17-7-5-4-6-11-22(17)14-15-8-9-18(23-2)19(13-15)24-3/h8-10,12-13,17H,4-7,11,14H2,1-3H3. The van der Waals surface area contributed by atoms with Crippen LogP contribution in [-0.2, 0) is 13.6 Å². The molecule has 1 aliphatic heterocycles. The van der Waals surface area contributed by atoms with Crippen LogP contribution in [0.1, 0.15) is 43.0 Å². The molecule has 5 heteroatoms. The summed E-state index contributed by atoms with van der Waals surface area (Å²) < 4.78 is 12.7. The first kappa shape index (κ1) is 16.8. The molecule has 0 amide bonds.